The maximum atomic E-state index is 12.3. The highest BCUT2D eigenvalue weighted by molar-refractivity contribution is 7.17. The molecule has 0 aliphatic rings. The molecule has 7 heteroatoms. The van der Waals surface area contributed by atoms with E-state index in [1.165, 1.54) is 5.56 Å². The van der Waals surface area contributed by atoms with E-state index in [2.05, 4.69) is 29.2 Å². The molecular formula is C18H22N4O2S. The predicted octanol–water partition coefficient (Wildman–Crippen LogP) is 3.94. The number of nitrogens with one attached hydrogen (secondary N) is 1. The maximum absolute atomic E-state index is 12.3. The molecule has 25 heavy (non-hydrogen) atoms. The summed E-state index contributed by atoms with van der Waals surface area (Å²) in [6.45, 7) is 9.98. The molecule has 0 spiro atoms. The van der Waals surface area contributed by atoms with Crippen molar-refractivity contribution in [3.8, 4) is 5.75 Å². The van der Waals surface area contributed by atoms with Gasteiger partial charge in [0.25, 0.3) is 11.9 Å². The lowest BCUT2D eigenvalue weighted by Gasteiger charge is -2.14. The van der Waals surface area contributed by atoms with Crippen LogP contribution in [-0.4, -0.2) is 26.6 Å². The Morgan fingerprint density at radius 2 is 1.88 bits per heavy atom. The van der Waals surface area contributed by atoms with Gasteiger partial charge in [0.05, 0.1) is 5.69 Å². The lowest BCUT2D eigenvalue weighted by molar-refractivity contribution is -0.122. The number of aryl methyl sites for hydroxylation is 2. The van der Waals surface area contributed by atoms with Gasteiger partial charge < -0.3 is 4.74 Å². The smallest absolute Gasteiger partial charge is 0.267 e. The van der Waals surface area contributed by atoms with Crippen LogP contribution >= 0.6 is 11.3 Å². The number of aromatic nitrogens is 3. The first-order chi connectivity index (χ1) is 11.8. The topological polar surface area (TPSA) is 68.5 Å². The van der Waals surface area contributed by atoms with Gasteiger partial charge in [0.1, 0.15) is 5.75 Å². The second-order valence-corrected chi connectivity index (χ2v) is 7.53. The Bertz CT molecular complexity index is 896. The van der Waals surface area contributed by atoms with Crippen LogP contribution in [0.2, 0.25) is 0 Å². The average molecular weight is 358 g/mol. The van der Waals surface area contributed by atoms with E-state index in [9.17, 15) is 4.79 Å². The molecule has 132 valence electrons. The van der Waals surface area contributed by atoms with Crippen molar-refractivity contribution >= 4 is 28.2 Å². The Labute approximate surface area is 150 Å². The number of amides is 1. The summed E-state index contributed by atoms with van der Waals surface area (Å²) in [5.41, 5.74) is 2.26. The molecule has 1 aromatic carbocycles. The number of nitrogens with zero attached hydrogens (tertiary/aromatic N) is 3. The van der Waals surface area contributed by atoms with Crippen LogP contribution in [0.15, 0.2) is 24.3 Å². The lowest BCUT2D eigenvalue weighted by Crippen LogP contribution is -2.30. The molecule has 1 N–H and O–H groups in total. The van der Waals surface area contributed by atoms with Crippen LogP contribution in [0.1, 0.15) is 42.8 Å². The fourth-order valence-electron chi connectivity index (χ4n) is 2.40. The zero-order chi connectivity index (χ0) is 18.1. The van der Waals surface area contributed by atoms with Gasteiger partial charge >= 0.3 is 0 Å². The molecule has 1 atom stereocenters. The van der Waals surface area contributed by atoms with E-state index in [-0.39, 0.29) is 5.91 Å². The number of anilines is 1. The summed E-state index contributed by atoms with van der Waals surface area (Å²) in [6, 6.07) is 7.80. The van der Waals surface area contributed by atoms with E-state index in [1.807, 2.05) is 38.1 Å². The van der Waals surface area contributed by atoms with Gasteiger partial charge in [-0.3, -0.25) is 10.1 Å². The van der Waals surface area contributed by atoms with E-state index in [0.29, 0.717) is 17.6 Å². The predicted molar refractivity (Wildman–Crippen MR) is 99.6 cm³/mol. The fraction of sp³-hybridized carbons (Fsp3) is 0.389. The van der Waals surface area contributed by atoms with E-state index in [4.69, 9.17) is 4.74 Å². The minimum Gasteiger partial charge on any atom is -0.481 e. The molecule has 1 amide bonds. The summed E-state index contributed by atoms with van der Waals surface area (Å²) in [6.07, 6.45) is -0.644. The van der Waals surface area contributed by atoms with E-state index >= 15 is 0 Å². The molecule has 0 bridgehead atoms. The number of thiazole rings is 1. The molecule has 0 fully saturated rings. The van der Waals surface area contributed by atoms with Crippen LogP contribution < -0.4 is 10.1 Å². The number of ether oxygens (including phenoxy) is 1. The molecule has 2 heterocycles. The number of carbonyl (C=O) groups is 1. The quantitative estimate of drug-likeness (QED) is 0.750. The largest absolute Gasteiger partial charge is 0.481 e. The Morgan fingerprint density at radius 3 is 2.48 bits per heavy atom. The van der Waals surface area contributed by atoms with Crippen LogP contribution in [0.3, 0.4) is 0 Å². The number of rotatable bonds is 5. The van der Waals surface area contributed by atoms with Crippen molar-refractivity contribution in [2.75, 3.05) is 5.32 Å². The average Bonchev–Trinajstić information content (AvgIpc) is 3.07. The van der Waals surface area contributed by atoms with Crippen molar-refractivity contribution in [2.45, 2.75) is 46.6 Å². The van der Waals surface area contributed by atoms with Gasteiger partial charge in [-0.1, -0.05) is 37.3 Å². The van der Waals surface area contributed by atoms with Gasteiger partial charge in [0.15, 0.2) is 6.10 Å². The van der Waals surface area contributed by atoms with Gasteiger partial charge in [-0.15, -0.1) is 5.10 Å². The zero-order valence-electron chi connectivity index (χ0n) is 15.0. The number of carbonyl (C=O) groups excluding carboxylic acids is 1. The molecular weight excluding hydrogens is 336 g/mol. The number of hydrogen-bond donors (Lipinski definition) is 1. The minimum atomic E-state index is -0.644. The molecule has 0 saturated heterocycles. The number of benzene rings is 1. The summed E-state index contributed by atoms with van der Waals surface area (Å²) in [5, 5.41) is 7.04. The molecule has 0 radical (unpaired) electrons. The van der Waals surface area contributed by atoms with E-state index < -0.39 is 6.10 Å². The summed E-state index contributed by atoms with van der Waals surface area (Å²) in [4.78, 5) is 18.6. The Hall–Kier alpha value is -2.41. The van der Waals surface area contributed by atoms with Crippen LogP contribution in [-0.2, 0) is 4.79 Å². The second kappa shape index (κ2) is 6.84. The second-order valence-electron chi connectivity index (χ2n) is 6.35. The molecule has 2 aromatic heterocycles. The molecule has 0 aliphatic heterocycles. The summed E-state index contributed by atoms with van der Waals surface area (Å²) in [7, 11) is 0. The van der Waals surface area contributed by atoms with Crippen LogP contribution in [0.4, 0.5) is 5.95 Å². The monoisotopic (exact) mass is 358 g/mol. The third-order valence-corrected chi connectivity index (χ3v) is 5.16. The molecule has 0 aliphatic carbocycles. The highest BCUT2D eigenvalue weighted by atomic mass is 32.1. The fourth-order valence-corrected chi connectivity index (χ4v) is 3.30. The van der Waals surface area contributed by atoms with Crippen molar-refractivity contribution in [2.24, 2.45) is 0 Å². The van der Waals surface area contributed by atoms with Gasteiger partial charge in [0.2, 0.25) is 4.96 Å². The molecule has 3 aromatic rings. The molecule has 0 saturated carbocycles. The zero-order valence-corrected chi connectivity index (χ0v) is 15.8. The summed E-state index contributed by atoms with van der Waals surface area (Å²) in [5.74, 6) is 1.14. The maximum Gasteiger partial charge on any atom is 0.267 e. The first-order valence-electron chi connectivity index (χ1n) is 8.25. The number of fused-ring (bicyclic) bond motifs is 1. The van der Waals surface area contributed by atoms with E-state index in [1.54, 1.807) is 22.8 Å². The highest BCUT2D eigenvalue weighted by Crippen LogP contribution is 2.22. The lowest BCUT2D eigenvalue weighted by atomic mass is 10.0. The number of hydrogen-bond acceptors (Lipinski definition) is 5. The summed E-state index contributed by atoms with van der Waals surface area (Å²) < 4.78 is 7.45. The third kappa shape index (κ3) is 3.66. The van der Waals surface area contributed by atoms with Crippen molar-refractivity contribution < 1.29 is 9.53 Å². The van der Waals surface area contributed by atoms with Gasteiger partial charge in [-0.2, -0.15) is 4.98 Å². The third-order valence-electron chi connectivity index (χ3n) is 4.11. The molecule has 1 unspecified atom stereocenters. The van der Waals surface area contributed by atoms with Crippen LogP contribution in [0, 0.1) is 13.8 Å². The van der Waals surface area contributed by atoms with Crippen molar-refractivity contribution in [3.05, 3.63) is 40.4 Å². The van der Waals surface area contributed by atoms with Gasteiger partial charge in [-0.05, 0) is 44.4 Å². The Balaban J connectivity index is 1.65. The van der Waals surface area contributed by atoms with E-state index in [0.717, 1.165) is 15.5 Å². The first-order valence-corrected chi connectivity index (χ1v) is 9.07. The molecule has 3 rings (SSSR count). The van der Waals surface area contributed by atoms with Crippen LogP contribution in [0.25, 0.3) is 4.96 Å². The van der Waals surface area contributed by atoms with Crippen LogP contribution in [0.5, 0.6) is 5.75 Å². The summed E-state index contributed by atoms with van der Waals surface area (Å²) >= 11 is 1.55. The Kier molecular flexibility index (Phi) is 4.76. The highest BCUT2D eigenvalue weighted by Gasteiger charge is 2.18. The molecule has 6 nitrogen and oxygen atoms in total. The van der Waals surface area contributed by atoms with Crippen molar-refractivity contribution in [1.29, 1.82) is 0 Å². The van der Waals surface area contributed by atoms with Crippen molar-refractivity contribution in [3.63, 3.8) is 0 Å². The SMILES string of the molecule is Cc1sc2nc(NC(=O)C(C)Oc3ccc(C(C)C)cc3)nn2c1C. The standard InChI is InChI=1S/C18H22N4O2S/c1-10(2)14-6-8-15(9-7-14)24-12(4)16(23)19-17-20-18-22(21-17)11(3)13(5)25-18/h6-10,12H,1-5H3,(H,19,21,23). The van der Waals surface area contributed by atoms with Gasteiger partial charge in [0, 0.05) is 4.88 Å². The first kappa shape index (κ1) is 17.4. The normalized spacial score (nSPS) is 12.6. The van der Waals surface area contributed by atoms with Crippen molar-refractivity contribution in [1.82, 2.24) is 14.6 Å². The minimum absolute atomic E-state index is 0.277. The Morgan fingerprint density at radius 1 is 1.20 bits per heavy atom. The van der Waals surface area contributed by atoms with Gasteiger partial charge in [-0.25, -0.2) is 4.52 Å².